The monoisotopic (exact) mass is 414 g/mol. The van der Waals surface area contributed by atoms with Gasteiger partial charge >= 0.3 is 0 Å². The molecule has 0 atom stereocenters. The van der Waals surface area contributed by atoms with Crippen molar-refractivity contribution in [3.05, 3.63) is 91.2 Å². The Balaban J connectivity index is 1.70. The number of rotatable bonds is 6. The molecular formula is C18H11ClN4O6. The van der Waals surface area contributed by atoms with Gasteiger partial charge in [0.15, 0.2) is 0 Å². The number of nitrogens with zero attached hydrogens (tertiary/aromatic N) is 3. The zero-order chi connectivity index (χ0) is 21.0. The van der Waals surface area contributed by atoms with E-state index in [1.165, 1.54) is 60.8 Å². The molecule has 0 unspecified atom stereocenters. The molecule has 0 bridgehead atoms. The van der Waals surface area contributed by atoms with Crippen LogP contribution in [-0.4, -0.2) is 22.0 Å². The van der Waals surface area contributed by atoms with Gasteiger partial charge in [-0.2, -0.15) is 5.10 Å². The minimum absolute atomic E-state index is 0.135. The summed E-state index contributed by atoms with van der Waals surface area (Å²) in [6, 6.07) is 12.2. The Bertz CT molecular complexity index is 1120. The van der Waals surface area contributed by atoms with Crippen molar-refractivity contribution >= 4 is 35.1 Å². The first kappa shape index (κ1) is 19.7. The lowest BCUT2D eigenvalue weighted by atomic mass is 10.1. The van der Waals surface area contributed by atoms with Crippen LogP contribution in [0.4, 0.5) is 11.4 Å². The average Bonchev–Trinajstić information content (AvgIpc) is 3.16. The molecular weight excluding hydrogens is 404 g/mol. The normalized spacial score (nSPS) is 10.8. The fourth-order valence-corrected chi connectivity index (χ4v) is 2.55. The number of furan rings is 1. The zero-order valence-electron chi connectivity index (χ0n) is 14.4. The van der Waals surface area contributed by atoms with Gasteiger partial charge in [0.25, 0.3) is 17.3 Å². The van der Waals surface area contributed by atoms with Crippen LogP contribution >= 0.6 is 11.6 Å². The average molecular weight is 415 g/mol. The van der Waals surface area contributed by atoms with E-state index in [0.29, 0.717) is 0 Å². The lowest BCUT2D eigenvalue weighted by molar-refractivity contribution is -0.384. The van der Waals surface area contributed by atoms with Crippen molar-refractivity contribution in [2.24, 2.45) is 5.10 Å². The predicted octanol–water partition coefficient (Wildman–Crippen LogP) is 4.18. The quantitative estimate of drug-likeness (QED) is 0.364. The SMILES string of the molecule is O=C(N/N=C\c1ccc(-c2ccc(Cl)cc2[N+](=O)[O-])o1)c1ccc([N+](=O)[O-])cc1. The summed E-state index contributed by atoms with van der Waals surface area (Å²) >= 11 is 5.80. The number of amides is 1. The Morgan fingerprint density at radius 3 is 2.41 bits per heavy atom. The highest BCUT2D eigenvalue weighted by Crippen LogP contribution is 2.33. The molecule has 3 aromatic rings. The van der Waals surface area contributed by atoms with Gasteiger partial charge in [0.05, 0.1) is 21.6 Å². The molecule has 3 rings (SSSR count). The van der Waals surface area contributed by atoms with Crippen molar-refractivity contribution in [2.75, 3.05) is 0 Å². The maximum Gasteiger partial charge on any atom is 0.281 e. The number of non-ortho nitro benzene ring substituents is 1. The van der Waals surface area contributed by atoms with Gasteiger partial charge in [0.1, 0.15) is 11.5 Å². The van der Waals surface area contributed by atoms with Crippen LogP contribution in [0.25, 0.3) is 11.3 Å². The van der Waals surface area contributed by atoms with Crippen LogP contribution in [0.5, 0.6) is 0 Å². The first-order valence-electron chi connectivity index (χ1n) is 7.97. The molecule has 0 radical (unpaired) electrons. The van der Waals surface area contributed by atoms with Crippen LogP contribution in [0.3, 0.4) is 0 Å². The topological polar surface area (TPSA) is 141 Å². The molecule has 1 aromatic heterocycles. The number of halogens is 1. The van der Waals surface area contributed by atoms with Crippen molar-refractivity contribution in [1.82, 2.24) is 5.43 Å². The van der Waals surface area contributed by atoms with Gasteiger partial charge in [0, 0.05) is 28.8 Å². The van der Waals surface area contributed by atoms with Crippen molar-refractivity contribution in [2.45, 2.75) is 0 Å². The van der Waals surface area contributed by atoms with E-state index in [-0.39, 0.29) is 39.0 Å². The summed E-state index contributed by atoms with van der Waals surface area (Å²) < 4.78 is 5.51. The number of hydrazone groups is 1. The molecule has 146 valence electrons. The van der Waals surface area contributed by atoms with E-state index >= 15 is 0 Å². The van der Waals surface area contributed by atoms with Crippen LogP contribution in [-0.2, 0) is 0 Å². The molecule has 1 N–H and O–H groups in total. The number of hydrogen-bond acceptors (Lipinski definition) is 7. The third kappa shape index (κ3) is 4.62. The van der Waals surface area contributed by atoms with Crippen molar-refractivity contribution in [3.63, 3.8) is 0 Å². The summed E-state index contributed by atoms with van der Waals surface area (Å²) in [6.07, 6.45) is 1.22. The van der Waals surface area contributed by atoms with Crippen LogP contribution in [0.1, 0.15) is 16.1 Å². The molecule has 0 saturated carbocycles. The maximum atomic E-state index is 12.0. The Morgan fingerprint density at radius 2 is 1.76 bits per heavy atom. The van der Waals surface area contributed by atoms with Crippen LogP contribution in [0.15, 0.2) is 64.1 Å². The second-order valence-corrected chi connectivity index (χ2v) is 6.06. The summed E-state index contributed by atoms with van der Waals surface area (Å²) in [5.41, 5.74) is 2.35. The zero-order valence-corrected chi connectivity index (χ0v) is 15.2. The minimum Gasteiger partial charge on any atom is -0.455 e. The summed E-state index contributed by atoms with van der Waals surface area (Å²) in [7, 11) is 0. The minimum atomic E-state index is -0.573. The molecule has 29 heavy (non-hydrogen) atoms. The van der Waals surface area contributed by atoms with E-state index in [0.717, 1.165) is 0 Å². The number of nitro benzene ring substituents is 2. The van der Waals surface area contributed by atoms with E-state index in [2.05, 4.69) is 10.5 Å². The standard InChI is InChI=1S/C18H11ClN4O6/c19-12-3-7-15(16(9-12)23(27)28)17-8-6-14(29-17)10-20-21-18(24)11-1-4-13(5-2-11)22(25)26/h1-10H,(H,21,24)/b20-10-. The Kier molecular flexibility index (Phi) is 5.65. The summed E-state index contributed by atoms with van der Waals surface area (Å²) in [6.45, 7) is 0. The van der Waals surface area contributed by atoms with Gasteiger partial charge in [0.2, 0.25) is 0 Å². The van der Waals surface area contributed by atoms with Crippen LogP contribution in [0, 0.1) is 20.2 Å². The molecule has 0 fully saturated rings. The van der Waals surface area contributed by atoms with E-state index in [9.17, 15) is 25.0 Å². The summed E-state index contributed by atoms with van der Waals surface area (Å²) in [5, 5.41) is 25.8. The van der Waals surface area contributed by atoms with E-state index < -0.39 is 15.8 Å². The predicted molar refractivity (Wildman–Crippen MR) is 104 cm³/mol. The lowest BCUT2D eigenvalue weighted by Crippen LogP contribution is -2.17. The van der Waals surface area contributed by atoms with Gasteiger partial charge in [-0.05, 0) is 36.4 Å². The molecule has 0 aliphatic rings. The third-order valence-electron chi connectivity index (χ3n) is 3.75. The third-order valence-corrected chi connectivity index (χ3v) is 3.98. The van der Waals surface area contributed by atoms with E-state index in [4.69, 9.17) is 16.0 Å². The van der Waals surface area contributed by atoms with Gasteiger partial charge in [-0.1, -0.05) is 11.6 Å². The highest BCUT2D eigenvalue weighted by atomic mass is 35.5. The van der Waals surface area contributed by atoms with Crippen LogP contribution < -0.4 is 5.43 Å². The smallest absolute Gasteiger partial charge is 0.281 e. The number of benzene rings is 2. The molecule has 0 saturated heterocycles. The highest BCUT2D eigenvalue weighted by Gasteiger charge is 2.18. The Morgan fingerprint density at radius 1 is 1.03 bits per heavy atom. The number of hydrogen-bond donors (Lipinski definition) is 1. The Hall–Kier alpha value is -4.05. The first-order valence-corrected chi connectivity index (χ1v) is 8.35. The highest BCUT2D eigenvalue weighted by molar-refractivity contribution is 6.30. The van der Waals surface area contributed by atoms with Crippen molar-refractivity contribution in [1.29, 1.82) is 0 Å². The molecule has 0 aliphatic heterocycles. The molecule has 1 amide bonds. The van der Waals surface area contributed by atoms with Gasteiger partial charge in [-0.25, -0.2) is 5.43 Å². The fourth-order valence-electron chi connectivity index (χ4n) is 2.38. The largest absolute Gasteiger partial charge is 0.455 e. The van der Waals surface area contributed by atoms with Crippen molar-refractivity contribution in [3.8, 4) is 11.3 Å². The number of nitrogens with one attached hydrogen (secondary N) is 1. The molecule has 10 nitrogen and oxygen atoms in total. The number of nitro groups is 2. The lowest BCUT2D eigenvalue weighted by Gasteiger charge is -2.00. The van der Waals surface area contributed by atoms with E-state index in [1.807, 2.05) is 0 Å². The number of carbonyl (C=O) groups is 1. The Labute approximate surface area is 167 Å². The summed E-state index contributed by atoms with van der Waals surface area (Å²) in [4.78, 5) is 32.6. The van der Waals surface area contributed by atoms with Crippen molar-refractivity contribution < 1.29 is 19.1 Å². The van der Waals surface area contributed by atoms with Gasteiger partial charge in [-0.3, -0.25) is 25.0 Å². The first-order chi connectivity index (χ1) is 13.8. The second-order valence-electron chi connectivity index (χ2n) is 5.62. The number of carbonyl (C=O) groups excluding carboxylic acids is 1. The fraction of sp³-hybridized carbons (Fsp3) is 0. The van der Waals surface area contributed by atoms with E-state index in [1.54, 1.807) is 0 Å². The van der Waals surface area contributed by atoms with Gasteiger partial charge in [-0.15, -0.1) is 0 Å². The summed E-state index contributed by atoms with van der Waals surface area (Å²) in [5.74, 6) is -0.0963. The molecule has 1 heterocycles. The molecule has 2 aromatic carbocycles. The second kappa shape index (κ2) is 8.31. The molecule has 11 heteroatoms. The molecule has 0 aliphatic carbocycles. The molecule has 0 spiro atoms. The maximum absolute atomic E-state index is 12.0. The van der Waals surface area contributed by atoms with Gasteiger partial charge < -0.3 is 4.42 Å². The van der Waals surface area contributed by atoms with Crippen LogP contribution in [0.2, 0.25) is 5.02 Å².